The Morgan fingerprint density at radius 1 is 0.923 bits per heavy atom. The van der Waals surface area contributed by atoms with Gasteiger partial charge in [0.15, 0.2) is 0 Å². The number of benzene rings is 3. The van der Waals surface area contributed by atoms with Crippen molar-refractivity contribution in [1.82, 2.24) is 0 Å². The lowest BCUT2D eigenvalue weighted by Gasteiger charge is -2.17. The molecular formula is C22H15O3S-. The SMILES string of the molecule is Cc1ccc2oc(=O)c(-c3ccccc3[S-])c(-c3ccc(O)cc3)c2c1. The molecule has 0 aliphatic heterocycles. The van der Waals surface area contributed by atoms with Gasteiger partial charge < -0.3 is 22.2 Å². The van der Waals surface area contributed by atoms with Gasteiger partial charge in [-0.15, -0.1) is 0 Å². The molecule has 0 saturated heterocycles. The molecule has 26 heavy (non-hydrogen) atoms. The second-order valence-corrected chi connectivity index (χ2v) is 6.62. The average Bonchev–Trinajstić information content (AvgIpc) is 2.63. The van der Waals surface area contributed by atoms with Gasteiger partial charge >= 0.3 is 5.63 Å². The Labute approximate surface area is 156 Å². The van der Waals surface area contributed by atoms with Crippen LogP contribution in [0.3, 0.4) is 0 Å². The highest BCUT2D eigenvalue weighted by Gasteiger charge is 2.18. The van der Waals surface area contributed by atoms with Gasteiger partial charge in [-0.2, -0.15) is 4.90 Å². The van der Waals surface area contributed by atoms with Crippen molar-refractivity contribution in [2.75, 3.05) is 0 Å². The fraction of sp³-hybridized carbons (Fsp3) is 0.0455. The van der Waals surface area contributed by atoms with Crippen LogP contribution in [0.15, 0.2) is 80.8 Å². The molecule has 0 spiro atoms. The molecule has 0 bridgehead atoms. The van der Waals surface area contributed by atoms with Crippen molar-refractivity contribution in [3.8, 4) is 28.0 Å². The third kappa shape index (κ3) is 2.74. The van der Waals surface area contributed by atoms with Gasteiger partial charge in [0.25, 0.3) is 0 Å². The quantitative estimate of drug-likeness (QED) is 0.402. The summed E-state index contributed by atoms with van der Waals surface area (Å²) < 4.78 is 5.59. The summed E-state index contributed by atoms with van der Waals surface area (Å²) in [6.45, 7) is 1.99. The van der Waals surface area contributed by atoms with Gasteiger partial charge in [-0.1, -0.05) is 48.0 Å². The van der Waals surface area contributed by atoms with Crippen molar-refractivity contribution >= 4 is 23.6 Å². The van der Waals surface area contributed by atoms with Gasteiger partial charge in [-0.25, -0.2) is 4.79 Å². The number of hydrogen-bond donors (Lipinski definition) is 1. The average molecular weight is 359 g/mol. The van der Waals surface area contributed by atoms with Gasteiger partial charge in [0.1, 0.15) is 11.3 Å². The third-order valence-corrected chi connectivity index (χ3v) is 4.73. The molecular weight excluding hydrogens is 344 g/mol. The predicted octanol–water partition coefficient (Wildman–Crippen LogP) is 5.05. The minimum absolute atomic E-state index is 0.169. The molecule has 4 aromatic rings. The van der Waals surface area contributed by atoms with Gasteiger partial charge in [0, 0.05) is 10.9 Å². The lowest BCUT2D eigenvalue weighted by molar-refractivity contribution is 0.475. The maximum absolute atomic E-state index is 12.9. The molecule has 1 heterocycles. The zero-order valence-corrected chi connectivity index (χ0v) is 14.8. The number of aryl methyl sites for hydroxylation is 1. The molecule has 0 radical (unpaired) electrons. The molecule has 3 nitrogen and oxygen atoms in total. The van der Waals surface area contributed by atoms with E-state index in [4.69, 9.17) is 17.0 Å². The Morgan fingerprint density at radius 2 is 1.65 bits per heavy atom. The highest BCUT2D eigenvalue weighted by Crippen LogP contribution is 2.37. The maximum Gasteiger partial charge on any atom is 0.344 e. The summed E-state index contributed by atoms with van der Waals surface area (Å²) in [4.78, 5) is 13.5. The Kier molecular flexibility index (Phi) is 3.98. The van der Waals surface area contributed by atoms with Gasteiger partial charge in [-0.05, 0) is 42.3 Å². The van der Waals surface area contributed by atoms with E-state index in [1.165, 1.54) is 0 Å². The van der Waals surface area contributed by atoms with Crippen LogP contribution in [0.2, 0.25) is 0 Å². The first-order valence-corrected chi connectivity index (χ1v) is 8.59. The van der Waals surface area contributed by atoms with Crippen LogP contribution < -0.4 is 5.63 Å². The monoisotopic (exact) mass is 359 g/mol. The summed E-state index contributed by atoms with van der Waals surface area (Å²) >= 11 is 5.45. The topological polar surface area (TPSA) is 50.4 Å². The molecule has 0 atom stereocenters. The van der Waals surface area contributed by atoms with E-state index in [-0.39, 0.29) is 5.75 Å². The second kappa shape index (κ2) is 6.32. The Balaban J connectivity index is 2.19. The van der Waals surface area contributed by atoms with E-state index in [1.54, 1.807) is 36.4 Å². The van der Waals surface area contributed by atoms with Crippen molar-refractivity contribution in [3.05, 3.63) is 82.7 Å². The van der Waals surface area contributed by atoms with Crippen LogP contribution in [0.25, 0.3) is 33.2 Å². The van der Waals surface area contributed by atoms with Crippen LogP contribution in [0.1, 0.15) is 5.56 Å². The highest BCUT2D eigenvalue weighted by molar-refractivity contribution is 7.59. The molecule has 1 aromatic heterocycles. The fourth-order valence-corrected chi connectivity index (χ4v) is 3.41. The summed E-state index contributed by atoms with van der Waals surface area (Å²) in [7, 11) is 0. The maximum atomic E-state index is 12.9. The minimum atomic E-state index is -0.429. The molecule has 128 valence electrons. The Hall–Kier alpha value is -3.11. The highest BCUT2D eigenvalue weighted by atomic mass is 32.1. The van der Waals surface area contributed by atoms with Crippen molar-refractivity contribution < 1.29 is 9.52 Å². The number of phenols is 1. The van der Waals surface area contributed by atoms with Gasteiger partial charge in [0.2, 0.25) is 0 Å². The first-order chi connectivity index (χ1) is 12.5. The van der Waals surface area contributed by atoms with Crippen molar-refractivity contribution in [2.24, 2.45) is 0 Å². The molecule has 1 N–H and O–H groups in total. The normalized spacial score (nSPS) is 11.0. The van der Waals surface area contributed by atoms with E-state index < -0.39 is 5.63 Å². The van der Waals surface area contributed by atoms with E-state index in [9.17, 15) is 9.90 Å². The Bertz CT molecular complexity index is 1170. The zero-order chi connectivity index (χ0) is 18.3. The first kappa shape index (κ1) is 16.4. The van der Waals surface area contributed by atoms with E-state index in [0.29, 0.717) is 21.6 Å². The lowest BCUT2D eigenvalue weighted by atomic mass is 9.92. The number of fused-ring (bicyclic) bond motifs is 1. The summed E-state index contributed by atoms with van der Waals surface area (Å²) in [5.74, 6) is 0.169. The fourth-order valence-electron chi connectivity index (χ4n) is 3.16. The van der Waals surface area contributed by atoms with Crippen molar-refractivity contribution in [1.29, 1.82) is 0 Å². The summed E-state index contributed by atoms with van der Waals surface area (Å²) in [6.07, 6.45) is 0. The third-order valence-electron chi connectivity index (χ3n) is 4.37. The number of phenolic OH excluding ortho intramolecular Hbond substituents is 1. The molecule has 0 aliphatic rings. The van der Waals surface area contributed by atoms with E-state index in [1.807, 2.05) is 37.3 Å². The minimum Gasteiger partial charge on any atom is -0.779 e. The summed E-state index contributed by atoms with van der Waals surface area (Å²) in [6, 6.07) is 19.8. The number of rotatable bonds is 2. The van der Waals surface area contributed by atoms with Crippen LogP contribution in [0.4, 0.5) is 0 Å². The molecule has 0 fully saturated rings. The molecule has 0 amide bonds. The number of hydrogen-bond acceptors (Lipinski definition) is 4. The zero-order valence-electron chi connectivity index (χ0n) is 14.0. The van der Waals surface area contributed by atoms with E-state index >= 15 is 0 Å². The van der Waals surface area contributed by atoms with Crippen LogP contribution in [0.5, 0.6) is 5.75 Å². The van der Waals surface area contributed by atoms with E-state index in [0.717, 1.165) is 22.1 Å². The molecule has 4 rings (SSSR count). The standard InChI is InChI=1S/C22H16O3S/c1-13-6-11-18-17(12-13)20(14-7-9-15(23)10-8-14)21(22(24)25-18)16-4-2-3-5-19(16)26/h2-12,23,26H,1H3/p-1. The molecule has 0 unspecified atom stereocenters. The molecule has 0 saturated carbocycles. The lowest BCUT2D eigenvalue weighted by Crippen LogP contribution is -2.07. The van der Waals surface area contributed by atoms with Gasteiger partial charge in [-0.3, -0.25) is 0 Å². The molecule has 3 aromatic carbocycles. The summed E-state index contributed by atoms with van der Waals surface area (Å²) in [5, 5.41) is 10.5. The first-order valence-electron chi connectivity index (χ1n) is 8.18. The Morgan fingerprint density at radius 3 is 2.38 bits per heavy atom. The molecule has 0 aliphatic carbocycles. The van der Waals surface area contributed by atoms with Crippen LogP contribution in [-0.4, -0.2) is 5.11 Å². The van der Waals surface area contributed by atoms with E-state index in [2.05, 4.69) is 0 Å². The van der Waals surface area contributed by atoms with Crippen molar-refractivity contribution in [2.45, 2.75) is 11.8 Å². The largest absolute Gasteiger partial charge is 0.779 e. The predicted molar refractivity (Wildman–Crippen MR) is 105 cm³/mol. The smallest absolute Gasteiger partial charge is 0.344 e. The van der Waals surface area contributed by atoms with Crippen LogP contribution in [0, 0.1) is 6.92 Å². The molecule has 4 heteroatoms. The summed E-state index contributed by atoms with van der Waals surface area (Å²) in [5.41, 5.74) is 3.85. The van der Waals surface area contributed by atoms with Crippen molar-refractivity contribution in [3.63, 3.8) is 0 Å². The van der Waals surface area contributed by atoms with Crippen LogP contribution >= 0.6 is 0 Å². The van der Waals surface area contributed by atoms with Gasteiger partial charge in [0.05, 0.1) is 5.56 Å². The second-order valence-electron chi connectivity index (χ2n) is 6.18. The number of aromatic hydroxyl groups is 1. The van der Waals surface area contributed by atoms with Crippen LogP contribution in [-0.2, 0) is 12.6 Å².